The van der Waals surface area contributed by atoms with Crippen molar-refractivity contribution < 1.29 is 18.3 Å². The zero-order valence-electron chi connectivity index (χ0n) is 22.7. The van der Waals surface area contributed by atoms with Crippen LogP contribution in [-0.2, 0) is 24.7 Å². The van der Waals surface area contributed by atoms with Gasteiger partial charge in [-0.1, -0.05) is 0 Å². The van der Waals surface area contributed by atoms with Crippen LogP contribution in [-0.4, -0.2) is 12.3 Å². The van der Waals surface area contributed by atoms with Gasteiger partial charge in [0.2, 0.25) is 0 Å². The van der Waals surface area contributed by atoms with Crippen molar-refractivity contribution in [3.05, 3.63) is 104 Å². The zero-order chi connectivity index (χ0) is 24.5. The molecule has 2 aliphatic rings. The van der Waals surface area contributed by atoms with Crippen LogP contribution >= 0.6 is 24.8 Å². The van der Waals surface area contributed by atoms with E-state index < -0.39 is 26.4 Å². The van der Waals surface area contributed by atoms with Crippen molar-refractivity contribution in [2.24, 2.45) is 5.92 Å². The van der Waals surface area contributed by atoms with Gasteiger partial charge in [0.05, 0.1) is 0 Å². The second-order valence-corrected chi connectivity index (χ2v) is 31.2. The second-order valence-electron chi connectivity index (χ2n) is 12.2. The van der Waals surface area contributed by atoms with E-state index in [2.05, 4.69) is 118 Å². The Morgan fingerprint density at radius 3 is 2.06 bits per heavy atom. The van der Waals surface area contributed by atoms with Gasteiger partial charge in [0.15, 0.2) is 0 Å². The van der Waals surface area contributed by atoms with Gasteiger partial charge in [0.1, 0.15) is 0 Å². The monoisotopic (exact) mass is 612 g/mol. The van der Waals surface area contributed by atoms with Crippen LogP contribution in [0, 0.1) is 12.8 Å². The van der Waals surface area contributed by atoms with Gasteiger partial charge in [-0.2, -0.15) is 0 Å². The number of allylic oxidation sites excluding steroid dienone is 4. The molecule has 3 aromatic carbocycles. The molecule has 0 aliphatic heterocycles. The number of rotatable bonds is 4. The molecule has 3 aromatic rings. The fourth-order valence-electron chi connectivity index (χ4n) is 7.13. The molecule has 0 nitrogen and oxygen atoms in total. The van der Waals surface area contributed by atoms with Crippen molar-refractivity contribution >= 4 is 43.6 Å². The second kappa shape index (κ2) is 9.77. The van der Waals surface area contributed by atoms with Crippen LogP contribution < -0.4 is 6.54 Å². The third-order valence-corrected chi connectivity index (χ3v) is 25.8. The fourth-order valence-corrected chi connectivity index (χ4v) is 24.3. The number of hydrogen-bond donors (Lipinski definition) is 0. The summed E-state index contributed by atoms with van der Waals surface area (Å²) >= 11 is -4.19. The van der Waals surface area contributed by atoms with E-state index in [9.17, 15) is 0 Å². The van der Waals surface area contributed by atoms with Crippen molar-refractivity contribution in [3.8, 4) is 11.1 Å². The van der Waals surface area contributed by atoms with Gasteiger partial charge in [0, 0.05) is 0 Å². The first-order chi connectivity index (χ1) is 15.9. The van der Waals surface area contributed by atoms with Crippen LogP contribution in [0.25, 0.3) is 11.1 Å². The van der Waals surface area contributed by atoms with E-state index in [1.807, 2.05) is 0 Å². The van der Waals surface area contributed by atoms with Gasteiger partial charge in [-0.25, -0.2) is 0 Å². The predicted octanol–water partition coefficient (Wildman–Crippen LogP) is 8.26. The summed E-state index contributed by atoms with van der Waals surface area (Å²) in [7, 11) is -1.46. The number of halogens is 2. The Morgan fingerprint density at radius 2 is 1.44 bits per heavy atom. The van der Waals surface area contributed by atoms with Crippen LogP contribution in [0.4, 0.5) is 0 Å². The summed E-state index contributed by atoms with van der Waals surface area (Å²) in [6.07, 6.45) is 3.63. The van der Waals surface area contributed by atoms with Crippen molar-refractivity contribution in [2.45, 2.75) is 51.5 Å². The summed E-state index contributed by atoms with van der Waals surface area (Å²) in [5, 5.41) is 1.64. The molecule has 36 heavy (non-hydrogen) atoms. The van der Waals surface area contributed by atoms with Gasteiger partial charge in [-0.15, -0.1) is 24.8 Å². The SMILES string of the molecule is Cl.Cl.[CH2]=[Zr]([CH3])([C]1=C(C)C([Si](C)(C)C)=CC1C)([c]1ccc(C)cc1)[c]1cccc2c1Cc1ccccc1-2. The molecule has 1 unspecified atom stereocenters. The van der Waals surface area contributed by atoms with Crippen LogP contribution in [0.2, 0.25) is 24.3 Å². The molecular weight excluding hydrogens is 575 g/mol. The van der Waals surface area contributed by atoms with E-state index in [4.69, 9.17) is 4.21 Å². The Kier molecular flexibility index (Phi) is 7.94. The zero-order valence-corrected chi connectivity index (χ0v) is 27.8. The van der Waals surface area contributed by atoms with Gasteiger partial charge in [-0.3, -0.25) is 0 Å². The first kappa shape index (κ1) is 29.2. The Morgan fingerprint density at radius 1 is 0.833 bits per heavy atom. The average molecular weight is 615 g/mol. The maximum absolute atomic E-state index is 5.45. The predicted molar refractivity (Wildman–Crippen MR) is 166 cm³/mol. The van der Waals surface area contributed by atoms with E-state index in [-0.39, 0.29) is 24.8 Å². The quantitative estimate of drug-likeness (QED) is 0.203. The van der Waals surface area contributed by atoms with Gasteiger partial charge in [0.25, 0.3) is 0 Å². The van der Waals surface area contributed by atoms with Crippen LogP contribution in [0.5, 0.6) is 0 Å². The number of benzene rings is 3. The average Bonchev–Trinajstić information content (AvgIpc) is 3.31. The third-order valence-electron chi connectivity index (χ3n) is 8.63. The van der Waals surface area contributed by atoms with Crippen molar-refractivity contribution in [1.82, 2.24) is 0 Å². The van der Waals surface area contributed by atoms with E-state index >= 15 is 0 Å². The van der Waals surface area contributed by atoms with Crippen LogP contribution in [0.1, 0.15) is 30.5 Å². The number of fused-ring (bicyclic) bond motifs is 3. The molecule has 0 aromatic heterocycles. The van der Waals surface area contributed by atoms with Gasteiger partial charge >= 0.3 is 209 Å². The maximum atomic E-state index is 5.45. The van der Waals surface area contributed by atoms with E-state index in [1.165, 1.54) is 31.1 Å². The minimum absolute atomic E-state index is 0. The van der Waals surface area contributed by atoms with Crippen molar-refractivity contribution in [1.29, 1.82) is 0 Å². The number of aryl methyl sites for hydroxylation is 1. The molecule has 0 saturated carbocycles. The van der Waals surface area contributed by atoms with Crippen molar-refractivity contribution in [3.63, 3.8) is 0 Å². The fraction of sp³-hybridized carbons (Fsp3) is 0.281. The van der Waals surface area contributed by atoms with Crippen LogP contribution in [0.15, 0.2) is 86.9 Å². The molecule has 1 atom stereocenters. The van der Waals surface area contributed by atoms with Gasteiger partial charge < -0.3 is 0 Å². The van der Waals surface area contributed by atoms with E-state index in [0.717, 1.165) is 6.42 Å². The van der Waals surface area contributed by atoms with Gasteiger partial charge in [-0.05, 0) is 0 Å². The summed E-state index contributed by atoms with van der Waals surface area (Å²) in [5.41, 5.74) is 8.69. The molecule has 0 saturated heterocycles. The molecule has 0 fully saturated rings. The molecule has 5 rings (SSSR count). The summed E-state index contributed by atoms with van der Waals surface area (Å²) < 4.78 is 12.8. The molecule has 0 amide bonds. The van der Waals surface area contributed by atoms with Crippen molar-refractivity contribution in [2.75, 3.05) is 0 Å². The Labute approximate surface area is 232 Å². The Bertz CT molecular complexity index is 1450. The third kappa shape index (κ3) is 4.27. The molecule has 0 bridgehead atoms. The first-order valence-corrected chi connectivity index (χ1v) is 24.1. The molecule has 0 radical (unpaired) electrons. The Balaban J connectivity index is 0.00000180. The number of hydrogen-bond acceptors (Lipinski definition) is 0. The molecule has 0 N–H and O–H groups in total. The summed E-state index contributed by atoms with van der Waals surface area (Å²) in [6, 6.07) is 25.5. The summed E-state index contributed by atoms with van der Waals surface area (Å²) in [5.74, 6) is 0.441. The summed E-state index contributed by atoms with van der Waals surface area (Å²) in [4.78, 5) is 0. The van der Waals surface area contributed by atoms with E-state index in [1.54, 1.807) is 17.3 Å². The molecule has 0 heterocycles. The molecule has 2 aliphatic carbocycles. The molecule has 190 valence electrons. The normalized spacial score (nSPS) is 17.1. The molecular formula is C32H40Cl2SiZr. The Hall–Kier alpha value is -1.31. The first-order valence-electron chi connectivity index (χ1n) is 12.7. The minimum atomic E-state index is -4.19. The summed E-state index contributed by atoms with van der Waals surface area (Å²) in [6.45, 7) is 14.5. The van der Waals surface area contributed by atoms with E-state index in [0.29, 0.717) is 5.92 Å². The standard InChI is InChI=1S/C13H9.C10H17Si.C7H7.CH3.CH2.2ClH.Zr/c1-3-7-12-10(5-1)9-11-6-2-4-8-13(11)12;1-8-6-9(2)10(7-8)11(3,4)5;1-7-5-3-2-4-6-7;;;;;/h1-5,7-8H,9H2;7-8H,1-5H3;3-6H,1H3;1H3;1H2;2*1H;. The molecule has 0 spiro atoms. The topological polar surface area (TPSA) is 0 Å². The van der Waals surface area contributed by atoms with Crippen LogP contribution in [0.3, 0.4) is 0 Å². The molecule has 4 heteroatoms.